The van der Waals surface area contributed by atoms with Crippen LogP contribution in [-0.4, -0.2) is 27.5 Å². The largest absolute Gasteiger partial charge is 0.492 e. The Morgan fingerprint density at radius 3 is 2.56 bits per heavy atom. The first kappa shape index (κ1) is 14.5. The Morgan fingerprint density at radius 2 is 2.06 bits per heavy atom. The third kappa shape index (κ3) is 3.44. The summed E-state index contributed by atoms with van der Waals surface area (Å²) in [6.07, 6.45) is 0. The summed E-state index contributed by atoms with van der Waals surface area (Å²) in [6, 6.07) is 4.13. The standard InChI is InChI=1S/C11H16N2O4S/c1-3-13-11(14)8-5-6-9(17-4-2)10(7-8)18(12,15)16/h5-7H,3-4H2,1-2H3,(H,13,14)(H2,12,15,16). The number of benzene rings is 1. The molecule has 0 fully saturated rings. The molecule has 3 N–H and O–H groups in total. The molecule has 6 nitrogen and oxygen atoms in total. The number of ether oxygens (including phenoxy) is 1. The minimum atomic E-state index is -3.93. The minimum absolute atomic E-state index is 0.146. The first-order valence-corrected chi connectivity index (χ1v) is 7.02. The van der Waals surface area contributed by atoms with E-state index >= 15 is 0 Å². The van der Waals surface area contributed by atoms with Crippen molar-refractivity contribution in [1.82, 2.24) is 5.32 Å². The highest BCUT2D eigenvalue weighted by molar-refractivity contribution is 7.89. The van der Waals surface area contributed by atoms with Gasteiger partial charge in [-0.05, 0) is 32.0 Å². The summed E-state index contributed by atoms with van der Waals surface area (Å²) < 4.78 is 28.0. The van der Waals surface area contributed by atoms with Crippen LogP contribution in [0, 0.1) is 0 Å². The lowest BCUT2D eigenvalue weighted by molar-refractivity contribution is 0.0955. The molecule has 0 atom stereocenters. The van der Waals surface area contributed by atoms with Crippen molar-refractivity contribution >= 4 is 15.9 Å². The topological polar surface area (TPSA) is 98.5 Å². The molecule has 0 bridgehead atoms. The second-order valence-electron chi connectivity index (χ2n) is 3.50. The van der Waals surface area contributed by atoms with Gasteiger partial charge < -0.3 is 10.1 Å². The summed E-state index contributed by atoms with van der Waals surface area (Å²) in [7, 11) is -3.93. The summed E-state index contributed by atoms with van der Waals surface area (Å²) in [5.41, 5.74) is 0.226. The van der Waals surface area contributed by atoms with Crippen LogP contribution in [0.15, 0.2) is 23.1 Å². The molecule has 0 aliphatic rings. The summed E-state index contributed by atoms with van der Waals surface area (Å²) in [5.74, 6) is -0.210. The van der Waals surface area contributed by atoms with Crippen molar-refractivity contribution in [3.05, 3.63) is 23.8 Å². The molecule has 0 aliphatic carbocycles. The van der Waals surface area contributed by atoms with Crippen molar-refractivity contribution in [2.24, 2.45) is 5.14 Å². The van der Waals surface area contributed by atoms with Crippen molar-refractivity contribution in [3.8, 4) is 5.75 Å². The quantitative estimate of drug-likeness (QED) is 0.814. The van der Waals surface area contributed by atoms with E-state index in [9.17, 15) is 13.2 Å². The van der Waals surface area contributed by atoms with Crippen LogP contribution in [0.25, 0.3) is 0 Å². The highest BCUT2D eigenvalue weighted by atomic mass is 32.2. The van der Waals surface area contributed by atoms with Crippen molar-refractivity contribution in [1.29, 1.82) is 0 Å². The molecular formula is C11H16N2O4S. The van der Waals surface area contributed by atoms with E-state index in [0.29, 0.717) is 13.2 Å². The van der Waals surface area contributed by atoms with Crippen molar-refractivity contribution in [2.45, 2.75) is 18.7 Å². The fourth-order valence-corrected chi connectivity index (χ4v) is 2.11. The first-order chi connectivity index (χ1) is 8.40. The fraction of sp³-hybridized carbons (Fsp3) is 0.364. The number of amides is 1. The summed E-state index contributed by atoms with van der Waals surface area (Å²) in [5, 5.41) is 7.67. The highest BCUT2D eigenvalue weighted by Crippen LogP contribution is 2.24. The molecule has 100 valence electrons. The lowest BCUT2D eigenvalue weighted by Crippen LogP contribution is -2.23. The van der Waals surface area contributed by atoms with E-state index in [1.54, 1.807) is 13.8 Å². The molecule has 7 heteroatoms. The Hall–Kier alpha value is -1.60. The summed E-state index contributed by atoms with van der Waals surface area (Å²) in [6.45, 7) is 4.26. The van der Waals surface area contributed by atoms with Gasteiger partial charge in [-0.25, -0.2) is 13.6 Å². The van der Waals surface area contributed by atoms with Gasteiger partial charge in [-0.1, -0.05) is 0 Å². The average molecular weight is 272 g/mol. The van der Waals surface area contributed by atoms with E-state index in [2.05, 4.69) is 5.32 Å². The number of rotatable bonds is 5. The predicted molar refractivity (Wildman–Crippen MR) is 67.0 cm³/mol. The van der Waals surface area contributed by atoms with Gasteiger partial charge in [-0.2, -0.15) is 0 Å². The third-order valence-electron chi connectivity index (χ3n) is 2.15. The van der Waals surface area contributed by atoms with Crippen LogP contribution in [0.2, 0.25) is 0 Å². The van der Waals surface area contributed by atoms with E-state index in [0.717, 1.165) is 0 Å². The van der Waals surface area contributed by atoms with Crippen LogP contribution in [0.1, 0.15) is 24.2 Å². The number of carbonyl (C=O) groups is 1. The fourth-order valence-electron chi connectivity index (χ4n) is 1.41. The van der Waals surface area contributed by atoms with E-state index in [1.165, 1.54) is 18.2 Å². The first-order valence-electron chi connectivity index (χ1n) is 5.48. The van der Waals surface area contributed by atoms with E-state index in [1.807, 2.05) is 0 Å². The van der Waals surface area contributed by atoms with Crippen LogP contribution in [0.4, 0.5) is 0 Å². The van der Waals surface area contributed by atoms with Gasteiger partial charge in [0.05, 0.1) is 6.61 Å². The molecule has 1 amide bonds. The zero-order valence-corrected chi connectivity index (χ0v) is 11.1. The van der Waals surface area contributed by atoms with Crippen LogP contribution < -0.4 is 15.2 Å². The SMILES string of the molecule is CCNC(=O)c1ccc(OCC)c(S(N)(=O)=O)c1. The van der Waals surface area contributed by atoms with Gasteiger partial charge >= 0.3 is 0 Å². The van der Waals surface area contributed by atoms with Crippen LogP contribution in [0.5, 0.6) is 5.75 Å². The lowest BCUT2D eigenvalue weighted by atomic mass is 10.2. The van der Waals surface area contributed by atoms with E-state index in [4.69, 9.17) is 9.88 Å². The number of hydrogen-bond donors (Lipinski definition) is 2. The lowest BCUT2D eigenvalue weighted by Gasteiger charge is -2.10. The van der Waals surface area contributed by atoms with Gasteiger partial charge in [0.15, 0.2) is 0 Å². The number of hydrogen-bond acceptors (Lipinski definition) is 4. The third-order valence-corrected chi connectivity index (χ3v) is 3.08. The molecule has 1 aromatic rings. The molecule has 18 heavy (non-hydrogen) atoms. The number of carbonyl (C=O) groups excluding carboxylic acids is 1. The van der Waals surface area contributed by atoms with Gasteiger partial charge in [0.2, 0.25) is 10.0 Å². The van der Waals surface area contributed by atoms with Crippen molar-refractivity contribution < 1.29 is 17.9 Å². The zero-order chi connectivity index (χ0) is 13.8. The molecule has 0 spiro atoms. The molecule has 0 aromatic heterocycles. The Balaban J connectivity index is 3.26. The average Bonchev–Trinajstić information content (AvgIpc) is 2.28. The van der Waals surface area contributed by atoms with Gasteiger partial charge in [0.25, 0.3) is 5.91 Å². The van der Waals surface area contributed by atoms with Crippen molar-refractivity contribution in [2.75, 3.05) is 13.2 Å². The second kappa shape index (κ2) is 5.83. The summed E-state index contributed by atoms with van der Waals surface area (Å²) >= 11 is 0. The maximum absolute atomic E-state index is 11.6. The maximum Gasteiger partial charge on any atom is 0.251 e. The van der Waals surface area contributed by atoms with Gasteiger partial charge in [-0.15, -0.1) is 0 Å². The van der Waals surface area contributed by atoms with Crippen LogP contribution in [-0.2, 0) is 10.0 Å². The summed E-state index contributed by atoms with van der Waals surface area (Å²) in [4.78, 5) is 11.4. The van der Waals surface area contributed by atoms with Crippen molar-refractivity contribution in [3.63, 3.8) is 0 Å². The number of sulfonamides is 1. The normalized spacial score (nSPS) is 11.1. The van der Waals surface area contributed by atoms with E-state index < -0.39 is 10.0 Å². The Bertz CT molecular complexity index is 540. The Kier molecular flexibility index (Phi) is 4.69. The monoisotopic (exact) mass is 272 g/mol. The van der Waals surface area contributed by atoms with Gasteiger partial charge in [0.1, 0.15) is 10.6 Å². The number of nitrogens with one attached hydrogen (secondary N) is 1. The predicted octanol–water partition coefficient (Wildman–Crippen LogP) is 0.482. The zero-order valence-electron chi connectivity index (χ0n) is 10.3. The minimum Gasteiger partial charge on any atom is -0.492 e. The Labute approximate surface area is 106 Å². The molecule has 0 aliphatic heterocycles. The van der Waals surface area contributed by atoms with E-state index in [-0.39, 0.29) is 22.1 Å². The molecule has 1 aromatic carbocycles. The van der Waals surface area contributed by atoms with Gasteiger partial charge in [0, 0.05) is 12.1 Å². The molecule has 0 saturated carbocycles. The molecule has 0 unspecified atom stereocenters. The van der Waals surface area contributed by atoms with Crippen LogP contribution >= 0.6 is 0 Å². The molecule has 0 saturated heterocycles. The molecule has 1 rings (SSSR count). The maximum atomic E-state index is 11.6. The molecular weight excluding hydrogens is 256 g/mol. The number of primary sulfonamides is 1. The molecule has 0 heterocycles. The van der Waals surface area contributed by atoms with Crippen LogP contribution in [0.3, 0.4) is 0 Å². The highest BCUT2D eigenvalue weighted by Gasteiger charge is 2.18. The molecule has 0 radical (unpaired) electrons. The Morgan fingerprint density at radius 1 is 1.39 bits per heavy atom. The second-order valence-corrected chi connectivity index (χ2v) is 5.03. The smallest absolute Gasteiger partial charge is 0.251 e. The number of nitrogens with two attached hydrogens (primary N) is 1. The van der Waals surface area contributed by atoms with Gasteiger partial charge in [-0.3, -0.25) is 4.79 Å².